The molecule has 3 N–H and O–H groups in total. The fourth-order valence-corrected chi connectivity index (χ4v) is 4.42. The summed E-state index contributed by atoms with van der Waals surface area (Å²) in [6.45, 7) is 2.27. The maximum Gasteiger partial charge on any atom is 0.279 e. The van der Waals surface area contributed by atoms with Crippen LogP contribution in [0.5, 0.6) is 0 Å². The minimum Gasteiger partial charge on any atom is -0.328 e. The van der Waals surface area contributed by atoms with Crippen LogP contribution in [-0.2, 0) is 14.6 Å². The van der Waals surface area contributed by atoms with E-state index in [1.54, 1.807) is 23.5 Å². The highest BCUT2D eigenvalue weighted by atomic mass is 32.2. The van der Waals surface area contributed by atoms with Crippen LogP contribution in [0.3, 0.4) is 0 Å². The van der Waals surface area contributed by atoms with E-state index in [9.17, 15) is 13.2 Å². The lowest BCUT2D eigenvalue weighted by molar-refractivity contribution is -0.675. The van der Waals surface area contributed by atoms with E-state index in [0.29, 0.717) is 5.69 Å². The molecule has 1 atom stereocenters. The molecular weight excluding hydrogens is 392 g/mol. The van der Waals surface area contributed by atoms with Gasteiger partial charge in [0.2, 0.25) is 0 Å². The molecule has 0 saturated carbocycles. The monoisotopic (exact) mass is 415 g/mol. The van der Waals surface area contributed by atoms with E-state index in [2.05, 4.69) is 35.6 Å². The molecule has 3 rings (SSSR count). The summed E-state index contributed by atoms with van der Waals surface area (Å²) >= 11 is 1.66. The number of aryl methyl sites for hydroxylation is 1. The first-order valence-corrected chi connectivity index (χ1v) is 11.6. The van der Waals surface area contributed by atoms with Gasteiger partial charge in [-0.15, -0.1) is 11.3 Å². The zero-order chi connectivity index (χ0) is 20.1. The van der Waals surface area contributed by atoms with Crippen molar-refractivity contribution in [1.29, 1.82) is 0 Å². The van der Waals surface area contributed by atoms with E-state index in [4.69, 9.17) is 0 Å². The van der Waals surface area contributed by atoms with Gasteiger partial charge >= 0.3 is 0 Å². The number of anilines is 1. The molecule has 3 aromatic rings. The van der Waals surface area contributed by atoms with Gasteiger partial charge in [0.05, 0.1) is 9.77 Å². The molecule has 0 aliphatic carbocycles. The molecule has 0 aliphatic heterocycles. The number of benzene rings is 2. The number of thiophene rings is 1. The normalized spacial score (nSPS) is 12.5. The number of hydrogen-bond acceptors (Lipinski definition) is 4. The van der Waals surface area contributed by atoms with Crippen molar-refractivity contribution < 1.29 is 18.5 Å². The van der Waals surface area contributed by atoms with Crippen LogP contribution in [0.2, 0.25) is 0 Å². The second-order valence-corrected chi connectivity index (χ2v) is 9.69. The van der Waals surface area contributed by atoms with Crippen LogP contribution in [0.15, 0.2) is 70.9 Å². The topological polar surface area (TPSA) is 79.8 Å². The molecule has 5 nitrogen and oxygen atoms in total. The number of sulfone groups is 1. The van der Waals surface area contributed by atoms with E-state index in [0.717, 1.165) is 11.8 Å². The van der Waals surface area contributed by atoms with Gasteiger partial charge in [-0.05, 0) is 36.6 Å². The highest BCUT2D eigenvalue weighted by Crippen LogP contribution is 2.23. The molecule has 1 amide bonds. The molecule has 1 aromatic heterocycles. The van der Waals surface area contributed by atoms with Gasteiger partial charge in [-0.1, -0.05) is 42.0 Å². The van der Waals surface area contributed by atoms with Gasteiger partial charge in [-0.2, -0.15) is 0 Å². The SMILES string of the molecule is Cc1ccc([C@H]([NH2+]CC(=O)Nc2cccc(S(C)(=O)=O)c2)c2cccs2)cc1. The molecular formula is C21H23N2O3S2+. The summed E-state index contributed by atoms with van der Waals surface area (Å²) in [5.74, 6) is -0.181. The second kappa shape index (κ2) is 8.68. The fourth-order valence-electron chi connectivity index (χ4n) is 2.90. The average Bonchev–Trinajstić information content (AvgIpc) is 3.17. The van der Waals surface area contributed by atoms with Crippen LogP contribution in [0.4, 0.5) is 5.69 Å². The number of hydrogen-bond donors (Lipinski definition) is 2. The number of carbonyl (C=O) groups excluding carboxylic acids is 1. The summed E-state index contributed by atoms with van der Waals surface area (Å²) in [5.41, 5.74) is 2.81. The average molecular weight is 416 g/mol. The lowest BCUT2D eigenvalue weighted by Gasteiger charge is -2.15. The van der Waals surface area contributed by atoms with Gasteiger partial charge in [0.25, 0.3) is 5.91 Å². The van der Waals surface area contributed by atoms with Gasteiger partial charge in [0.15, 0.2) is 16.4 Å². The highest BCUT2D eigenvalue weighted by molar-refractivity contribution is 7.90. The van der Waals surface area contributed by atoms with Crippen molar-refractivity contribution in [2.45, 2.75) is 17.9 Å². The molecule has 0 unspecified atom stereocenters. The molecule has 0 saturated heterocycles. The van der Waals surface area contributed by atoms with Gasteiger partial charge < -0.3 is 10.6 Å². The molecule has 0 bridgehead atoms. The maximum atomic E-state index is 12.4. The minimum absolute atomic E-state index is 0.0358. The van der Waals surface area contributed by atoms with Gasteiger partial charge in [0.1, 0.15) is 6.04 Å². The van der Waals surface area contributed by atoms with Crippen molar-refractivity contribution >= 4 is 32.8 Å². The predicted octanol–water partition coefficient (Wildman–Crippen LogP) is 2.75. The van der Waals surface area contributed by atoms with Crippen LogP contribution < -0.4 is 10.6 Å². The number of amides is 1. The second-order valence-electron chi connectivity index (χ2n) is 6.69. The van der Waals surface area contributed by atoms with Crippen LogP contribution in [0.1, 0.15) is 22.0 Å². The third kappa shape index (κ3) is 5.28. The Hall–Kier alpha value is -2.48. The Bertz CT molecular complexity index is 1040. The first-order chi connectivity index (χ1) is 13.3. The summed E-state index contributed by atoms with van der Waals surface area (Å²) in [6.07, 6.45) is 1.15. The molecule has 1 heterocycles. The minimum atomic E-state index is -3.31. The van der Waals surface area contributed by atoms with Crippen molar-refractivity contribution in [1.82, 2.24) is 0 Å². The zero-order valence-corrected chi connectivity index (χ0v) is 17.4. The van der Waals surface area contributed by atoms with Crippen LogP contribution >= 0.6 is 11.3 Å². The molecule has 146 valence electrons. The predicted molar refractivity (Wildman–Crippen MR) is 112 cm³/mol. The molecule has 2 aromatic carbocycles. The molecule has 28 heavy (non-hydrogen) atoms. The third-order valence-electron chi connectivity index (χ3n) is 4.37. The number of carbonyl (C=O) groups is 1. The molecule has 7 heteroatoms. The van der Waals surface area contributed by atoms with Gasteiger partial charge in [0, 0.05) is 17.5 Å². The fraction of sp³-hybridized carbons (Fsp3) is 0.190. The Kier molecular flexibility index (Phi) is 6.28. The Morgan fingerprint density at radius 3 is 2.50 bits per heavy atom. The van der Waals surface area contributed by atoms with E-state index >= 15 is 0 Å². The molecule has 0 fully saturated rings. The first kappa shape index (κ1) is 20.3. The van der Waals surface area contributed by atoms with Crippen molar-refractivity contribution in [2.24, 2.45) is 0 Å². The van der Waals surface area contributed by atoms with Crippen LogP contribution in [-0.4, -0.2) is 27.1 Å². The summed E-state index contributed by atoms with van der Waals surface area (Å²) < 4.78 is 23.4. The number of nitrogens with two attached hydrogens (primary N) is 1. The number of nitrogens with one attached hydrogen (secondary N) is 1. The highest BCUT2D eigenvalue weighted by Gasteiger charge is 2.20. The first-order valence-electron chi connectivity index (χ1n) is 8.86. The van der Waals surface area contributed by atoms with Crippen molar-refractivity contribution in [3.8, 4) is 0 Å². The number of rotatable bonds is 7. The van der Waals surface area contributed by atoms with Crippen LogP contribution in [0, 0.1) is 6.92 Å². The Balaban J connectivity index is 1.70. The van der Waals surface area contributed by atoms with E-state index < -0.39 is 9.84 Å². The quantitative estimate of drug-likeness (QED) is 0.623. The largest absolute Gasteiger partial charge is 0.328 e. The standard InChI is InChI=1S/C21H22N2O3S2/c1-15-8-10-16(11-9-15)21(19-7-4-12-27-19)22-14-20(24)23-17-5-3-6-18(13-17)28(2,25)26/h3-13,21-22H,14H2,1-2H3,(H,23,24)/p+1/t21-/m0/s1. The van der Waals surface area contributed by atoms with Gasteiger partial charge in [-0.25, -0.2) is 8.42 Å². The lowest BCUT2D eigenvalue weighted by Crippen LogP contribution is -2.87. The van der Waals surface area contributed by atoms with Crippen molar-refractivity contribution in [3.63, 3.8) is 0 Å². The zero-order valence-electron chi connectivity index (χ0n) is 15.8. The van der Waals surface area contributed by atoms with E-state index in [1.165, 1.54) is 22.6 Å². The maximum absolute atomic E-state index is 12.4. The lowest BCUT2D eigenvalue weighted by atomic mass is 10.0. The van der Waals surface area contributed by atoms with Crippen molar-refractivity contribution in [2.75, 3.05) is 18.1 Å². The summed E-state index contributed by atoms with van der Waals surface area (Å²) in [4.78, 5) is 13.8. The van der Waals surface area contributed by atoms with Gasteiger partial charge in [-0.3, -0.25) is 4.79 Å². The number of quaternary nitrogens is 1. The Morgan fingerprint density at radius 1 is 1.11 bits per heavy atom. The van der Waals surface area contributed by atoms with Crippen molar-refractivity contribution in [3.05, 3.63) is 82.0 Å². The summed E-state index contributed by atoms with van der Waals surface area (Å²) in [6, 6.07) is 18.7. The smallest absolute Gasteiger partial charge is 0.279 e. The third-order valence-corrected chi connectivity index (χ3v) is 6.44. The Labute approximate surface area is 169 Å². The Morgan fingerprint density at radius 2 is 1.86 bits per heavy atom. The van der Waals surface area contributed by atoms with E-state index in [1.807, 2.05) is 23.7 Å². The summed E-state index contributed by atoms with van der Waals surface area (Å²) in [5, 5.41) is 6.81. The molecule has 0 aliphatic rings. The summed E-state index contributed by atoms with van der Waals surface area (Å²) in [7, 11) is -3.31. The van der Waals surface area contributed by atoms with E-state index in [-0.39, 0.29) is 23.4 Å². The molecule has 0 spiro atoms. The van der Waals surface area contributed by atoms with Crippen LogP contribution in [0.25, 0.3) is 0 Å². The molecule has 0 radical (unpaired) electrons.